The summed E-state index contributed by atoms with van der Waals surface area (Å²) in [5.41, 5.74) is 1.21. The van der Waals surface area contributed by atoms with Crippen molar-refractivity contribution in [2.75, 3.05) is 33.2 Å². The van der Waals surface area contributed by atoms with E-state index in [1.165, 1.54) is 5.56 Å². The Kier molecular flexibility index (Phi) is 3.60. The molecule has 2 atom stereocenters. The highest BCUT2D eigenvalue weighted by molar-refractivity contribution is 9.10. The maximum Gasteiger partial charge on any atom is 0.237 e. The molecule has 2 fully saturated rings. The van der Waals surface area contributed by atoms with Crippen molar-refractivity contribution in [2.24, 2.45) is 0 Å². The lowest BCUT2D eigenvalue weighted by Crippen LogP contribution is -2.63. The summed E-state index contributed by atoms with van der Waals surface area (Å²) in [5, 5.41) is 3.21. The molecule has 19 heavy (non-hydrogen) atoms. The Labute approximate surface area is 121 Å². The molecule has 2 aliphatic rings. The van der Waals surface area contributed by atoms with Crippen molar-refractivity contribution in [1.82, 2.24) is 15.1 Å². The minimum absolute atomic E-state index is 0.163. The van der Waals surface area contributed by atoms with E-state index in [-0.39, 0.29) is 18.0 Å². The number of fused-ring (bicyclic) bond motifs is 1. The van der Waals surface area contributed by atoms with E-state index < -0.39 is 0 Å². The standard InChI is InChI=1S/C14H18BrN3O/c1-17-8-12-6-16-7-14(19)18(12)13(9-17)10-3-2-4-11(15)5-10/h2-5,12-13,16H,6-9H2,1H3. The number of hydrogen-bond donors (Lipinski definition) is 1. The van der Waals surface area contributed by atoms with Crippen LogP contribution in [0, 0.1) is 0 Å². The SMILES string of the molecule is CN1CC2CNCC(=O)N2C(c2cccc(Br)c2)C1. The maximum atomic E-state index is 12.2. The molecule has 0 saturated carbocycles. The van der Waals surface area contributed by atoms with Crippen molar-refractivity contribution in [2.45, 2.75) is 12.1 Å². The van der Waals surface area contributed by atoms with E-state index in [1.54, 1.807) is 0 Å². The van der Waals surface area contributed by atoms with Crippen LogP contribution in [0.3, 0.4) is 0 Å². The summed E-state index contributed by atoms with van der Waals surface area (Å²) >= 11 is 3.52. The van der Waals surface area contributed by atoms with Gasteiger partial charge >= 0.3 is 0 Å². The predicted octanol–water partition coefficient (Wildman–Crippen LogP) is 1.24. The van der Waals surface area contributed by atoms with Gasteiger partial charge in [-0.2, -0.15) is 0 Å². The molecule has 0 spiro atoms. The molecule has 1 amide bonds. The zero-order chi connectivity index (χ0) is 13.4. The number of piperazine rings is 2. The first-order chi connectivity index (χ1) is 9.15. The molecule has 0 aromatic heterocycles. The van der Waals surface area contributed by atoms with Gasteiger partial charge in [-0.3, -0.25) is 4.79 Å². The fraction of sp³-hybridized carbons (Fsp3) is 0.500. The molecule has 0 aliphatic carbocycles. The topological polar surface area (TPSA) is 35.6 Å². The van der Waals surface area contributed by atoms with E-state index in [0.717, 1.165) is 24.1 Å². The molecular weight excluding hydrogens is 306 g/mol. The first-order valence-corrected chi connectivity index (χ1v) is 7.40. The lowest BCUT2D eigenvalue weighted by Gasteiger charge is -2.48. The van der Waals surface area contributed by atoms with Crippen molar-refractivity contribution in [3.8, 4) is 0 Å². The van der Waals surface area contributed by atoms with Crippen LogP contribution < -0.4 is 5.32 Å². The van der Waals surface area contributed by atoms with Gasteiger partial charge in [0.25, 0.3) is 0 Å². The molecule has 2 unspecified atom stereocenters. The largest absolute Gasteiger partial charge is 0.328 e. The Morgan fingerprint density at radius 2 is 2.21 bits per heavy atom. The summed E-state index contributed by atoms with van der Waals surface area (Å²) in [6, 6.07) is 8.74. The van der Waals surface area contributed by atoms with Gasteiger partial charge in [-0.05, 0) is 24.7 Å². The highest BCUT2D eigenvalue weighted by Crippen LogP contribution is 2.30. The number of nitrogens with one attached hydrogen (secondary N) is 1. The smallest absolute Gasteiger partial charge is 0.237 e. The van der Waals surface area contributed by atoms with Crippen molar-refractivity contribution in [1.29, 1.82) is 0 Å². The monoisotopic (exact) mass is 323 g/mol. The molecule has 1 aromatic rings. The highest BCUT2D eigenvalue weighted by Gasteiger charge is 2.38. The van der Waals surface area contributed by atoms with Crippen LogP contribution in [0.25, 0.3) is 0 Å². The summed E-state index contributed by atoms with van der Waals surface area (Å²) in [4.78, 5) is 16.6. The van der Waals surface area contributed by atoms with Gasteiger partial charge in [0.1, 0.15) is 0 Å². The maximum absolute atomic E-state index is 12.2. The van der Waals surface area contributed by atoms with Gasteiger partial charge in [0.2, 0.25) is 5.91 Å². The van der Waals surface area contributed by atoms with Gasteiger partial charge in [-0.1, -0.05) is 28.1 Å². The molecule has 4 nitrogen and oxygen atoms in total. The third-order valence-corrected chi connectivity index (χ3v) is 4.41. The number of carbonyl (C=O) groups excluding carboxylic acids is 1. The van der Waals surface area contributed by atoms with Gasteiger partial charge in [0.05, 0.1) is 18.6 Å². The summed E-state index contributed by atoms with van der Waals surface area (Å²) in [6.07, 6.45) is 0. The van der Waals surface area contributed by atoms with Crippen LogP contribution in [-0.2, 0) is 4.79 Å². The lowest BCUT2D eigenvalue weighted by molar-refractivity contribution is -0.142. The Bertz CT molecular complexity index is 493. The summed E-state index contributed by atoms with van der Waals surface area (Å²) in [5.74, 6) is 0.217. The second-order valence-electron chi connectivity index (χ2n) is 5.38. The number of rotatable bonds is 1. The van der Waals surface area contributed by atoms with Gasteiger partial charge in [0, 0.05) is 24.1 Å². The highest BCUT2D eigenvalue weighted by atomic mass is 79.9. The van der Waals surface area contributed by atoms with Gasteiger partial charge in [-0.15, -0.1) is 0 Å². The molecule has 2 saturated heterocycles. The van der Waals surface area contributed by atoms with Crippen LogP contribution in [0.5, 0.6) is 0 Å². The number of benzene rings is 1. The zero-order valence-electron chi connectivity index (χ0n) is 11.0. The molecule has 2 heterocycles. The van der Waals surface area contributed by atoms with E-state index in [4.69, 9.17) is 0 Å². The van der Waals surface area contributed by atoms with Gasteiger partial charge in [0.15, 0.2) is 0 Å². The third-order valence-electron chi connectivity index (χ3n) is 3.91. The number of likely N-dealkylation sites (N-methyl/N-ethyl adjacent to an activating group) is 1. The Morgan fingerprint density at radius 3 is 3.00 bits per heavy atom. The number of nitrogens with zero attached hydrogens (tertiary/aromatic N) is 2. The fourth-order valence-corrected chi connectivity index (χ4v) is 3.53. The van der Waals surface area contributed by atoms with E-state index in [0.29, 0.717) is 6.54 Å². The molecule has 2 aliphatic heterocycles. The minimum Gasteiger partial charge on any atom is -0.328 e. The molecule has 5 heteroatoms. The molecule has 0 radical (unpaired) electrons. The van der Waals surface area contributed by atoms with Crippen molar-refractivity contribution in [3.05, 3.63) is 34.3 Å². The van der Waals surface area contributed by atoms with E-state index >= 15 is 0 Å². The lowest BCUT2D eigenvalue weighted by atomic mass is 9.97. The summed E-state index contributed by atoms with van der Waals surface area (Å²) in [7, 11) is 2.13. The predicted molar refractivity (Wildman–Crippen MR) is 77.9 cm³/mol. The molecule has 102 valence electrons. The average Bonchev–Trinajstić information content (AvgIpc) is 2.37. The molecular formula is C14H18BrN3O. The van der Waals surface area contributed by atoms with Crippen molar-refractivity contribution >= 4 is 21.8 Å². The third kappa shape index (κ3) is 2.55. The van der Waals surface area contributed by atoms with Gasteiger partial charge < -0.3 is 15.1 Å². The number of hydrogen-bond acceptors (Lipinski definition) is 3. The van der Waals surface area contributed by atoms with Crippen LogP contribution in [0.4, 0.5) is 0 Å². The number of amides is 1. The first kappa shape index (κ1) is 13.1. The second-order valence-corrected chi connectivity index (χ2v) is 6.29. The van der Waals surface area contributed by atoms with E-state index in [2.05, 4.69) is 50.2 Å². The summed E-state index contributed by atoms with van der Waals surface area (Å²) < 4.78 is 1.07. The normalized spacial score (nSPS) is 28.3. The molecule has 0 bridgehead atoms. The van der Waals surface area contributed by atoms with Gasteiger partial charge in [-0.25, -0.2) is 0 Å². The Hall–Kier alpha value is -0.910. The second kappa shape index (κ2) is 5.23. The van der Waals surface area contributed by atoms with Crippen LogP contribution in [0.15, 0.2) is 28.7 Å². The molecule has 3 rings (SSSR count). The Morgan fingerprint density at radius 1 is 1.37 bits per heavy atom. The van der Waals surface area contributed by atoms with Crippen LogP contribution in [0.1, 0.15) is 11.6 Å². The Balaban J connectivity index is 1.95. The van der Waals surface area contributed by atoms with Crippen molar-refractivity contribution in [3.63, 3.8) is 0 Å². The van der Waals surface area contributed by atoms with Crippen molar-refractivity contribution < 1.29 is 4.79 Å². The fourth-order valence-electron chi connectivity index (χ4n) is 3.12. The summed E-state index contributed by atoms with van der Waals surface area (Å²) in [6.45, 7) is 3.20. The van der Waals surface area contributed by atoms with E-state index in [9.17, 15) is 4.79 Å². The van der Waals surface area contributed by atoms with Crippen LogP contribution >= 0.6 is 15.9 Å². The van der Waals surface area contributed by atoms with Crippen LogP contribution in [0.2, 0.25) is 0 Å². The first-order valence-electron chi connectivity index (χ1n) is 6.61. The zero-order valence-corrected chi connectivity index (χ0v) is 12.6. The quantitative estimate of drug-likeness (QED) is 0.844. The number of carbonyl (C=O) groups is 1. The minimum atomic E-state index is 0.163. The van der Waals surface area contributed by atoms with Crippen LogP contribution in [-0.4, -0.2) is 55.0 Å². The molecule has 1 N–H and O–H groups in total. The number of halogens is 1. The van der Waals surface area contributed by atoms with E-state index in [1.807, 2.05) is 12.1 Å². The molecule has 1 aromatic carbocycles. The average molecular weight is 324 g/mol.